The van der Waals surface area contributed by atoms with Crippen LogP contribution >= 0.6 is 27.9 Å². The summed E-state index contributed by atoms with van der Waals surface area (Å²) in [7, 11) is 15.0. The second-order valence-corrected chi connectivity index (χ2v) is 59.5. The molecule has 0 saturated carbocycles. The Bertz CT molecular complexity index is 322. The van der Waals surface area contributed by atoms with Gasteiger partial charge in [0.05, 0.1) is 0 Å². The van der Waals surface area contributed by atoms with E-state index in [4.69, 9.17) is 27.9 Å². The molecule has 0 nitrogen and oxygen atoms in total. The molecule has 1 rings (SSSR count). The minimum absolute atomic E-state index is 0.0995. The van der Waals surface area contributed by atoms with Crippen molar-refractivity contribution in [2.24, 2.45) is 0 Å². The molecule has 0 amide bonds. The van der Waals surface area contributed by atoms with Crippen LogP contribution in [0.3, 0.4) is 0 Å². The molecule has 1 aliphatic carbocycles. The Morgan fingerprint density at radius 2 is 1.15 bits per heavy atom. The second-order valence-electron chi connectivity index (χ2n) is 8.26. The van der Waals surface area contributed by atoms with Crippen LogP contribution in [0.1, 0.15) is 0 Å². The summed E-state index contributed by atoms with van der Waals surface area (Å²) >= 11 is 0. The van der Waals surface area contributed by atoms with Crippen molar-refractivity contribution in [3.8, 4) is 0 Å². The quantitative estimate of drug-likeness (QED) is 0.528. The molecule has 0 aromatic heterocycles. The molecule has 4 heteroatoms. The number of halogens is 3. The van der Waals surface area contributed by atoms with E-state index in [0.717, 1.165) is 0 Å². The van der Waals surface area contributed by atoms with Gasteiger partial charge in [-0.25, -0.2) is 0 Å². The van der Waals surface area contributed by atoms with Gasteiger partial charge in [0.15, 0.2) is 0 Å². The van der Waals surface area contributed by atoms with Crippen molar-refractivity contribution in [2.45, 2.75) is 25.1 Å². The molecule has 13 heavy (non-hydrogen) atoms. The van der Waals surface area contributed by atoms with Crippen LogP contribution in [0.2, 0.25) is 25.1 Å². The maximum atomic E-state index is 6.76. The molecule has 0 heterocycles. The molecule has 0 aliphatic heterocycles. The van der Waals surface area contributed by atoms with E-state index in [0.29, 0.717) is 0 Å². The summed E-state index contributed by atoms with van der Waals surface area (Å²) in [5.41, 5.74) is 0. The third-order valence-electron chi connectivity index (χ3n) is 2.46. The first kappa shape index (κ1) is 12.1. The third-order valence-corrected chi connectivity index (χ3v) is 11.5. The molecule has 0 atom stereocenters. The van der Waals surface area contributed by atoms with Crippen LogP contribution in [0.4, 0.5) is 0 Å². The van der Waals surface area contributed by atoms with E-state index in [9.17, 15) is 0 Å². The SMILES string of the molecule is [CH3][Ti]([CH3])([CH3])([CH3])([Cl])([Cl])([Cl])[CH]1C=CC=C1. The van der Waals surface area contributed by atoms with E-state index in [1.54, 1.807) is 0 Å². The van der Waals surface area contributed by atoms with Crippen molar-refractivity contribution < 1.29 is 8.28 Å². The average Bonchev–Trinajstić information content (AvgIpc) is 1.97. The van der Waals surface area contributed by atoms with Crippen LogP contribution in [0.5, 0.6) is 0 Å². The zero-order valence-corrected chi connectivity index (χ0v) is 12.3. The Labute approximate surface area is 85.0 Å². The number of hydrogen-bond acceptors (Lipinski definition) is 0. The average molecular weight is 279 g/mol. The predicted molar refractivity (Wildman–Crippen MR) is 63.0 cm³/mol. The predicted octanol–water partition coefficient (Wildman–Crippen LogP) is 5.85. The van der Waals surface area contributed by atoms with E-state index >= 15 is 0 Å². The van der Waals surface area contributed by atoms with Crippen molar-refractivity contribution in [1.82, 2.24) is 0 Å². The summed E-state index contributed by atoms with van der Waals surface area (Å²) in [4.78, 5) is 0. The van der Waals surface area contributed by atoms with Gasteiger partial charge in [0.1, 0.15) is 0 Å². The van der Waals surface area contributed by atoms with Crippen LogP contribution < -0.4 is 0 Å². The molecule has 0 radical (unpaired) electrons. The van der Waals surface area contributed by atoms with Gasteiger partial charge < -0.3 is 0 Å². The molecule has 0 saturated heterocycles. The minimum atomic E-state index is -5.27. The van der Waals surface area contributed by atoms with Gasteiger partial charge in [-0.3, -0.25) is 0 Å². The fourth-order valence-electron chi connectivity index (χ4n) is 1.42. The van der Waals surface area contributed by atoms with Gasteiger partial charge in [-0.1, -0.05) is 0 Å². The molecule has 0 unspecified atom stereocenters. The molecule has 0 fully saturated rings. The second kappa shape index (κ2) is 1.46. The molecule has 0 aromatic carbocycles. The summed E-state index contributed by atoms with van der Waals surface area (Å²) in [6, 6.07) is 0. The van der Waals surface area contributed by atoms with Gasteiger partial charge in [0.25, 0.3) is 0 Å². The van der Waals surface area contributed by atoms with Crippen LogP contribution in [-0.2, 0) is 8.28 Å². The molecule has 0 N–H and O–H groups in total. The summed E-state index contributed by atoms with van der Waals surface area (Å²) in [5.74, 6) is 0. The number of allylic oxidation sites excluding steroid dienone is 4. The van der Waals surface area contributed by atoms with Gasteiger partial charge in [0.2, 0.25) is 0 Å². The van der Waals surface area contributed by atoms with Crippen molar-refractivity contribution in [3.63, 3.8) is 0 Å². The van der Waals surface area contributed by atoms with Crippen molar-refractivity contribution in [2.75, 3.05) is 0 Å². The van der Waals surface area contributed by atoms with E-state index in [1.807, 2.05) is 45.2 Å². The Kier molecular flexibility index (Phi) is 1.36. The fraction of sp³-hybridized carbons (Fsp3) is 0.556. The van der Waals surface area contributed by atoms with E-state index < -0.39 is 8.28 Å². The van der Waals surface area contributed by atoms with Crippen molar-refractivity contribution in [1.29, 1.82) is 0 Å². The fourth-order valence-corrected chi connectivity index (χ4v) is 6.65. The Balaban J connectivity index is 3.63. The molecular weight excluding hydrogens is 262 g/mol. The van der Waals surface area contributed by atoms with Crippen LogP contribution in [0.25, 0.3) is 0 Å². The molecule has 0 spiro atoms. The first-order chi connectivity index (χ1) is 5.00. The van der Waals surface area contributed by atoms with Gasteiger partial charge in [0, 0.05) is 0 Å². The third kappa shape index (κ3) is 3.29. The Morgan fingerprint density at radius 3 is 1.31 bits per heavy atom. The molecule has 0 aromatic rings. The zero-order valence-electron chi connectivity index (χ0n) is 8.52. The maximum absolute atomic E-state index is 6.76. The van der Waals surface area contributed by atoms with Gasteiger partial charge >= 0.3 is 85.6 Å². The van der Waals surface area contributed by atoms with Crippen LogP contribution in [0, 0.1) is 0 Å². The summed E-state index contributed by atoms with van der Waals surface area (Å²) in [6.07, 6.45) is 7.79. The molecule has 0 bridgehead atoms. The van der Waals surface area contributed by atoms with E-state index in [2.05, 4.69) is 0 Å². The zero-order chi connectivity index (χ0) is 10.8. The van der Waals surface area contributed by atoms with Gasteiger partial charge in [-0.05, 0) is 0 Å². The standard InChI is InChI=1S/C5H5.4CH3.3ClH.Ti/c1-2-4-5-3-1;;;;;;;;/h1-5H;4*1H3;3*1H;/q;;;;;;;;+3/p-3. The van der Waals surface area contributed by atoms with Crippen LogP contribution in [-0.4, -0.2) is 0 Å². The van der Waals surface area contributed by atoms with Gasteiger partial charge in [-0.15, -0.1) is 0 Å². The topological polar surface area (TPSA) is 0 Å². The van der Waals surface area contributed by atoms with Gasteiger partial charge in [-0.2, -0.15) is 0 Å². The first-order valence-corrected chi connectivity index (χ1v) is 18.1. The summed E-state index contributed by atoms with van der Waals surface area (Å²) in [6.45, 7) is 0. The molecular formula is C9H17Cl3Ti. The number of hydrogen-bond donors (Lipinski definition) is 0. The monoisotopic (exact) mass is 278 g/mol. The van der Waals surface area contributed by atoms with E-state index in [1.165, 1.54) is 0 Å². The summed E-state index contributed by atoms with van der Waals surface area (Å²) < 4.78 is -0.0995. The molecule has 78 valence electrons. The first-order valence-electron chi connectivity index (χ1n) is 4.52. The summed E-state index contributed by atoms with van der Waals surface area (Å²) in [5, 5.41) is 7.23. The Morgan fingerprint density at radius 1 is 0.846 bits per heavy atom. The van der Waals surface area contributed by atoms with Crippen molar-refractivity contribution in [3.05, 3.63) is 24.3 Å². The normalized spacial score (nSPS) is 30.4. The van der Waals surface area contributed by atoms with Crippen LogP contribution in [0.15, 0.2) is 24.3 Å². The molecule has 1 aliphatic rings. The number of rotatable bonds is 1. The Hall–Kier alpha value is 1.06. The van der Waals surface area contributed by atoms with E-state index in [-0.39, 0.29) is 4.22 Å². The van der Waals surface area contributed by atoms with Crippen molar-refractivity contribution >= 4 is 27.9 Å².